The van der Waals surface area contributed by atoms with Gasteiger partial charge in [0.2, 0.25) is 0 Å². The minimum Gasteiger partial charge on any atom is -0.493 e. The quantitative estimate of drug-likeness (QED) is 0.625. The Morgan fingerprint density at radius 3 is 2.16 bits per heavy atom. The zero-order chi connectivity index (χ0) is 22.3. The van der Waals surface area contributed by atoms with Gasteiger partial charge in [-0.3, -0.25) is 4.79 Å². The Hall–Kier alpha value is -3.61. The summed E-state index contributed by atoms with van der Waals surface area (Å²) in [5, 5.41) is 11.6. The van der Waals surface area contributed by atoms with Crippen LogP contribution < -0.4 is 23.8 Å². The Kier molecular flexibility index (Phi) is 5.27. The van der Waals surface area contributed by atoms with Gasteiger partial charge in [-0.1, -0.05) is 12.1 Å². The van der Waals surface area contributed by atoms with Crippen molar-refractivity contribution in [2.75, 3.05) is 40.4 Å². The van der Waals surface area contributed by atoms with Gasteiger partial charge in [0.25, 0.3) is 0 Å². The maximum Gasteiger partial charge on any atom is 0.305 e. The number of ether oxygens (including phenoxy) is 4. The SMILES string of the molecule is COc1cc2ccc3c(c2cc1OC)N(C)[C@@H](CC(=O)O)c1c-3ccc(OC)c1OC. The zero-order valence-corrected chi connectivity index (χ0v) is 18.2. The number of methoxy groups -OCH3 is 4. The van der Waals surface area contributed by atoms with Crippen molar-refractivity contribution in [1.82, 2.24) is 0 Å². The molecule has 0 fully saturated rings. The van der Waals surface area contributed by atoms with Crippen LogP contribution in [0.1, 0.15) is 18.0 Å². The molecule has 7 heteroatoms. The Labute approximate surface area is 180 Å². The molecule has 1 N–H and O–H groups in total. The summed E-state index contributed by atoms with van der Waals surface area (Å²) in [6.45, 7) is 0. The molecule has 0 bridgehead atoms. The number of fused-ring (bicyclic) bond motifs is 5. The van der Waals surface area contributed by atoms with Crippen molar-refractivity contribution in [3.8, 4) is 34.1 Å². The van der Waals surface area contributed by atoms with Crippen molar-refractivity contribution in [2.45, 2.75) is 12.5 Å². The first kappa shape index (κ1) is 20.7. The first-order valence-electron chi connectivity index (χ1n) is 9.83. The third-order valence-electron chi connectivity index (χ3n) is 5.89. The molecule has 0 amide bonds. The fourth-order valence-electron chi connectivity index (χ4n) is 4.50. The molecule has 0 aliphatic carbocycles. The predicted octanol–water partition coefficient (Wildman–Crippen LogP) is 4.51. The topological polar surface area (TPSA) is 77.5 Å². The van der Waals surface area contributed by atoms with Gasteiger partial charge in [0.1, 0.15) is 0 Å². The van der Waals surface area contributed by atoms with Crippen LogP contribution >= 0.6 is 0 Å². The number of aliphatic carboxylic acids is 1. The van der Waals surface area contributed by atoms with Crippen LogP contribution in [0, 0.1) is 0 Å². The van der Waals surface area contributed by atoms with E-state index >= 15 is 0 Å². The molecule has 0 saturated heterocycles. The van der Waals surface area contributed by atoms with Crippen molar-refractivity contribution in [3.05, 3.63) is 42.0 Å². The molecule has 3 aromatic rings. The molecule has 1 heterocycles. The molecule has 31 heavy (non-hydrogen) atoms. The van der Waals surface area contributed by atoms with E-state index in [0.29, 0.717) is 23.0 Å². The Bertz CT molecular complexity index is 1170. The van der Waals surface area contributed by atoms with Gasteiger partial charge in [0, 0.05) is 23.6 Å². The number of nitrogens with zero attached hydrogens (tertiary/aromatic N) is 1. The average Bonchev–Trinajstić information content (AvgIpc) is 2.78. The highest BCUT2D eigenvalue weighted by Gasteiger charge is 2.35. The molecule has 0 unspecified atom stereocenters. The van der Waals surface area contributed by atoms with E-state index in [1.165, 1.54) is 0 Å². The van der Waals surface area contributed by atoms with Gasteiger partial charge in [0.15, 0.2) is 23.0 Å². The minimum atomic E-state index is -0.893. The second-order valence-corrected chi connectivity index (χ2v) is 7.38. The summed E-state index contributed by atoms with van der Waals surface area (Å²) >= 11 is 0. The summed E-state index contributed by atoms with van der Waals surface area (Å²) in [7, 11) is 8.26. The molecule has 7 nitrogen and oxygen atoms in total. The molecule has 0 spiro atoms. The van der Waals surface area contributed by atoms with Crippen molar-refractivity contribution in [3.63, 3.8) is 0 Å². The normalized spacial score (nSPS) is 14.6. The van der Waals surface area contributed by atoms with Crippen LogP contribution in [0.4, 0.5) is 5.69 Å². The monoisotopic (exact) mass is 423 g/mol. The number of hydrogen-bond acceptors (Lipinski definition) is 6. The summed E-state index contributed by atoms with van der Waals surface area (Å²) < 4.78 is 22.1. The van der Waals surface area contributed by atoms with Crippen molar-refractivity contribution >= 4 is 22.4 Å². The third-order valence-corrected chi connectivity index (χ3v) is 5.89. The lowest BCUT2D eigenvalue weighted by atomic mass is 9.84. The molecular formula is C24H25NO6. The van der Waals surface area contributed by atoms with Crippen LogP contribution in [-0.4, -0.2) is 46.6 Å². The summed E-state index contributed by atoms with van der Waals surface area (Å²) in [6, 6.07) is 11.3. The number of carboxylic acid groups (broad SMARTS) is 1. The van der Waals surface area contributed by atoms with Crippen molar-refractivity contribution in [2.24, 2.45) is 0 Å². The fourth-order valence-corrected chi connectivity index (χ4v) is 4.50. The van der Waals surface area contributed by atoms with Gasteiger partial charge < -0.3 is 29.0 Å². The van der Waals surface area contributed by atoms with E-state index in [1.54, 1.807) is 28.4 Å². The largest absolute Gasteiger partial charge is 0.493 e. The summed E-state index contributed by atoms with van der Waals surface area (Å²) in [5.74, 6) is 1.49. The Morgan fingerprint density at radius 1 is 0.903 bits per heavy atom. The fraction of sp³-hybridized carbons (Fsp3) is 0.292. The molecule has 1 aliphatic rings. The maximum atomic E-state index is 11.8. The number of hydrogen-bond donors (Lipinski definition) is 1. The highest BCUT2D eigenvalue weighted by Crippen LogP contribution is 2.53. The standard InChI is InChI=1S/C24H25NO6/c1-25-17(12-21(26)27)22-14(8-9-18(28-2)24(22)31-5)15-7-6-13-10-19(29-3)20(30-4)11-16(13)23(15)25/h6-11,17H,12H2,1-5H3,(H,26,27)/t17-/m0/s1. The summed E-state index contributed by atoms with van der Waals surface area (Å²) in [4.78, 5) is 13.8. The van der Waals surface area contributed by atoms with Gasteiger partial charge >= 0.3 is 5.97 Å². The van der Waals surface area contributed by atoms with Crippen LogP contribution in [0.3, 0.4) is 0 Å². The smallest absolute Gasteiger partial charge is 0.305 e. The van der Waals surface area contributed by atoms with Crippen LogP contribution in [0.15, 0.2) is 36.4 Å². The molecular weight excluding hydrogens is 398 g/mol. The minimum absolute atomic E-state index is 0.0872. The first-order chi connectivity index (χ1) is 14.9. The molecule has 4 rings (SSSR count). The Balaban J connectivity index is 2.08. The van der Waals surface area contributed by atoms with E-state index < -0.39 is 12.0 Å². The third kappa shape index (κ3) is 3.17. The molecule has 0 saturated carbocycles. The molecule has 0 radical (unpaired) electrons. The van der Waals surface area contributed by atoms with E-state index in [-0.39, 0.29) is 6.42 Å². The van der Waals surface area contributed by atoms with Gasteiger partial charge in [-0.25, -0.2) is 0 Å². The molecule has 3 aromatic carbocycles. The zero-order valence-electron chi connectivity index (χ0n) is 18.2. The van der Waals surface area contributed by atoms with E-state index in [1.807, 2.05) is 48.3 Å². The lowest BCUT2D eigenvalue weighted by molar-refractivity contribution is -0.137. The average molecular weight is 423 g/mol. The number of benzene rings is 3. The second-order valence-electron chi connectivity index (χ2n) is 7.38. The van der Waals surface area contributed by atoms with Crippen LogP contribution in [-0.2, 0) is 4.79 Å². The lowest BCUT2D eigenvalue weighted by Crippen LogP contribution is -2.31. The summed E-state index contributed by atoms with van der Waals surface area (Å²) in [6.07, 6.45) is -0.0872. The maximum absolute atomic E-state index is 11.8. The highest BCUT2D eigenvalue weighted by atomic mass is 16.5. The van der Waals surface area contributed by atoms with Crippen LogP contribution in [0.25, 0.3) is 21.9 Å². The second kappa shape index (κ2) is 7.91. The van der Waals surface area contributed by atoms with E-state index in [0.717, 1.165) is 33.2 Å². The van der Waals surface area contributed by atoms with Crippen LogP contribution in [0.5, 0.6) is 23.0 Å². The summed E-state index contributed by atoms with van der Waals surface area (Å²) in [5.41, 5.74) is 3.65. The molecule has 1 aliphatic heterocycles. The predicted molar refractivity (Wildman–Crippen MR) is 119 cm³/mol. The number of carboxylic acids is 1. The van der Waals surface area contributed by atoms with E-state index in [4.69, 9.17) is 18.9 Å². The van der Waals surface area contributed by atoms with E-state index in [9.17, 15) is 9.90 Å². The molecule has 162 valence electrons. The van der Waals surface area contributed by atoms with E-state index in [2.05, 4.69) is 0 Å². The van der Waals surface area contributed by atoms with Crippen molar-refractivity contribution in [1.29, 1.82) is 0 Å². The van der Waals surface area contributed by atoms with Gasteiger partial charge in [-0.2, -0.15) is 0 Å². The highest BCUT2D eigenvalue weighted by molar-refractivity contribution is 6.06. The van der Waals surface area contributed by atoms with Crippen LogP contribution in [0.2, 0.25) is 0 Å². The van der Waals surface area contributed by atoms with Gasteiger partial charge in [0.05, 0.1) is 46.6 Å². The number of carbonyl (C=O) groups is 1. The van der Waals surface area contributed by atoms with Crippen molar-refractivity contribution < 1.29 is 28.8 Å². The number of rotatable bonds is 6. The van der Waals surface area contributed by atoms with Gasteiger partial charge in [-0.05, 0) is 35.2 Å². The first-order valence-corrected chi connectivity index (χ1v) is 9.83. The Morgan fingerprint density at radius 2 is 1.55 bits per heavy atom. The van der Waals surface area contributed by atoms with Gasteiger partial charge in [-0.15, -0.1) is 0 Å². The molecule has 1 atom stereocenters. The lowest BCUT2D eigenvalue weighted by Gasteiger charge is -2.39. The molecule has 0 aromatic heterocycles. The number of anilines is 1.